The molecule has 5 aromatic rings. The molecule has 1 saturated heterocycles. The standard InChI is InChI=1S/C29H30N8O3/c1-4-13-36-28(39)23-18-30-29(31-21-8-9-24-20(17-21)10-16-35(24)19(2)38)33-27(23)37(36)25-6-5-7-26(32-25)40-22-11-14-34(3)15-12-22/h4-10,16-18,22H,1,11-15H2,2-3H3,(H,30,31,33). The van der Waals surface area contributed by atoms with Crippen LogP contribution in [0, 0.1) is 0 Å². The van der Waals surface area contributed by atoms with Gasteiger partial charge in [-0.1, -0.05) is 12.1 Å². The number of benzene rings is 1. The summed E-state index contributed by atoms with van der Waals surface area (Å²) in [5.41, 5.74) is 1.74. The fourth-order valence-corrected chi connectivity index (χ4v) is 5.09. The number of nitrogens with zero attached hydrogens (tertiary/aromatic N) is 7. The summed E-state index contributed by atoms with van der Waals surface area (Å²) in [6.45, 7) is 7.57. The molecule has 5 heterocycles. The summed E-state index contributed by atoms with van der Waals surface area (Å²) in [5, 5.41) is 4.49. The number of hydrogen-bond donors (Lipinski definition) is 1. The van der Waals surface area contributed by atoms with Gasteiger partial charge in [0.05, 0.1) is 12.1 Å². The molecule has 11 nitrogen and oxygen atoms in total. The number of pyridine rings is 1. The van der Waals surface area contributed by atoms with E-state index in [-0.39, 0.29) is 24.1 Å². The molecule has 6 rings (SSSR count). The zero-order valence-corrected chi connectivity index (χ0v) is 22.4. The Balaban J connectivity index is 1.37. The van der Waals surface area contributed by atoms with Crippen molar-refractivity contribution in [2.24, 2.45) is 0 Å². The summed E-state index contributed by atoms with van der Waals surface area (Å²) < 4.78 is 11.0. The van der Waals surface area contributed by atoms with E-state index in [0.717, 1.165) is 42.5 Å². The van der Waals surface area contributed by atoms with Crippen molar-refractivity contribution in [1.29, 1.82) is 0 Å². The quantitative estimate of drug-likeness (QED) is 0.310. The van der Waals surface area contributed by atoms with Gasteiger partial charge in [-0.05, 0) is 50.2 Å². The Hall–Kier alpha value is -4.77. The van der Waals surface area contributed by atoms with Gasteiger partial charge < -0.3 is 15.0 Å². The Morgan fingerprint density at radius 3 is 2.77 bits per heavy atom. The van der Waals surface area contributed by atoms with Crippen LogP contribution in [0.1, 0.15) is 24.6 Å². The van der Waals surface area contributed by atoms with Crippen LogP contribution in [0.5, 0.6) is 5.88 Å². The fraction of sp³-hybridized carbons (Fsp3) is 0.276. The molecule has 1 aromatic carbocycles. The normalized spacial score (nSPS) is 14.6. The number of carbonyl (C=O) groups excluding carboxylic acids is 1. The Bertz CT molecular complexity index is 1790. The van der Waals surface area contributed by atoms with Gasteiger partial charge in [0, 0.05) is 49.5 Å². The van der Waals surface area contributed by atoms with Crippen molar-refractivity contribution >= 4 is 39.5 Å². The Morgan fingerprint density at radius 1 is 1.18 bits per heavy atom. The Morgan fingerprint density at radius 2 is 2.00 bits per heavy atom. The molecular weight excluding hydrogens is 508 g/mol. The number of carbonyl (C=O) groups is 1. The van der Waals surface area contributed by atoms with Crippen LogP contribution in [-0.4, -0.2) is 65.9 Å². The predicted molar refractivity (Wildman–Crippen MR) is 154 cm³/mol. The molecule has 1 aliphatic heterocycles. The smallest absolute Gasteiger partial charge is 0.278 e. The minimum atomic E-state index is -0.239. The van der Waals surface area contributed by atoms with Crippen molar-refractivity contribution in [3.63, 3.8) is 0 Å². The summed E-state index contributed by atoms with van der Waals surface area (Å²) in [7, 11) is 2.11. The number of hydrogen-bond acceptors (Lipinski definition) is 8. The molecule has 4 aromatic heterocycles. The van der Waals surface area contributed by atoms with Crippen molar-refractivity contribution in [1.82, 2.24) is 33.8 Å². The minimum absolute atomic E-state index is 0.0547. The molecular formula is C29H30N8O3. The van der Waals surface area contributed by atoms with Gasteiger partial charge in [0.1, 0.15) is 11.5 Å². The van der Waals surface area contributed by atoms with Crippen molar-refractivity contribution in [3.8, 4) is 11.7 Å². The molecule has 11 heteroatoms. The van der Waals surface area contributed by atoms with Gasteiger partial charge in [0.25, 0.3) is 5.56 Å². The van der Waals surface area contributed by atoms with Crippen molar-refractivity contribution in [2.45, 2.75) is 32.4 Å². The first-order valence-corrected chi connectivity index (χ1v) is 13.2. The molecule has 0 spiro atoms. The second-order valence-electron chi connectivity index (χ2n) is 9.98. The van der Waals surface area contributed by atoms with Gasteiger partial charge in [0.2, 0.25) is 17.7 Å². The molecule has 0 bridgehead atoms. The molecule has 0 aliphatic carbocycles. The van der Waals surface area contributed by atoms with Crippen molar-refractivity contribution in [2.75, 3.05) is 25.5 Å². The topological polar surface area (TPSA) is 112 Å². The first-order valence-electron chi connectivity index (χ1n) is 13.2. The van der Waals surface area contributed by atoms with Crippen LogP contribution >= 0.6 is 0 Å². The predicted octanol–water partition coefficient (Wildman–Crippen LogP) is 3.99. The molecule has 1 N–H and O–H groups in total. The van der Waals surface area contributed by atoms with Gasteiger partial charge in [-0.3, -0.25) is 14.2 Å². The lowest BCUT2D eigenvalue weighted by atomic mass is 10.1. The first kappa shape index (κ1) is 25.5. The number of anilines is 2. The maximum absolute atomic E-state index is 13.3. The summed E-state index contributed by atoms with van der Waals surface area (Å²) in [4.78, 5) is 41.3. The molecule has 0 saturated carbocycles. The zero-order valence-electron chi connectivity index (χ0n) is 22.4. The van der Waals surface area contributed by atoms with Crippen molar-refractivity contribution in [3.05, 3.63) is 77.9 Å². The Labute approximate surface area is 230 Å². The van der Waals surface area contributed by atoms with Crippen LogP contribution in [0.4, 0.5) is 11.6 Å². The maximum Gasteiger partial charge on any atom is 0.278 e. The molecule has 1 fully saturated rings. The Kier molecular flexibility index (Phi) is 6.64. The zero-order chi connectivity index (χ0) is 27.8. The van der Waals surface area contributed by atoms with E-state index in [9.17, 15) is 9.59 Å². The average molecular weight is 539 g/mol. The summed E-state index contributed by atoms with van der Waals surface area (Å²) in [6.07, 6.45) is 6.89. The van der Waals surface area contributed by atoms with Gasteiger partial charge in [-0.2, -0.15) is 9.97 Å². The summed E-state index contributed by atoms with van der Waals surface area (Å²) in [5.74, 6) is 1.28. The molecule has 0 unspecified atom stereocenters. The van der Waals surface area contributed by atoms with Gasteiger partial charge in [-0.15, -0.1) is 6.58 Å². The highest BCUT2D eigenvalue weighted by atomic mass is 16.5. The highest BCUT2D eigenvalue weighted by molar-refractivity contribution is 5.93. The summed E-state index contributed by atoms with van der Waals surface area (Å²) >= 11 is 0. The number of aromatic nitrogens is 6. The highest BCUT2D eigenvalue weighted by Gasteiger charge is 2.21. The highest BCUT2D eigenvalue weighted by Crippen LogP contribution is 2.24. The molecule has 0 radical (unpaired) electrons. The lowest BCUT2D eigenvalue weighted by Crippen LogP contribution is -2.35. The minimum Gasteiger partial charge on any atom is -0.474 e. The lowest BCUT2D eigenvalue weighted by molar-refractivity contribution is 0.0941. The van der Waals surface area contributed by atoms with E-state index in [1.807, 2.05) is 42.5 Å². The van der Waals surface area contributed by atoms with Crippen LogP contribution in [-0.2, 0) is 6.54 Å². The average Bonchev–Trinajstić information content (AvgIpc) is 3.49. The first-order chi connectivity index (χ1) is 19.4. The van der Waals surface area contributed by atoms with E-state index in [0.29, 0.717) is 28.7 Å². The number of likely N-dealkylation sites (tertiary alicyclic amines) is 1. The van der Waals surface area contributed by atoms with E-state index in [1.54, 1.807) is 21.5 Å². The van der Waals surface area contributed by atoms with Gasteiger partial charge in [0.15, 0.2) is 11.5 Å². The van der Waals surface area contributed by atoms with Gasteiger partial charge in [-0.25, -0.2) is 14.3 Å². The third kappa shape index (κ3) is 4.75. The second-order valence-corrected chi connectivity index (χ2v) is 9.98. The van der Waals surface area contributed by atoms with Crippen molar-refractivity contribution < 1.29 is 9.53 Å². The molecule has 204 valence electrons. The number of rotatable bonds is 7. The molecule has 1 aliphatic rings. The third-order valence-corrected chi connectivity index (χ3v) is 7.14. The van der Waals surface area contributed by atoms with Crippen LogP contribution in [0.2, 0.25) is 0 Å². The number of ether oxygens (including phenoxy) is 1. The summed E-state index contributed by atoms with van der Waals surface area (Å²) in [6, 6.07) is 13.0. The van der Waals surface area contributed by atoms with Crippen LogP contribution in [0.15, 0.2) is 72.3 Å². The largest absolute Gasteiger partial charge is 0.474 e. The van der Waals surface area contributed by atoms with E-state index < -0.39 is 0 Å². The number of allylic oxidation sites excluding steroid dienone is 1. The monoisotopic (exact) mass is 538 g/mol. The lowest BCUT2D eigenvalue weighted by Gasteiger charge is -2.29. The number of piperidine rings is 1. The van der Waals surface area contributed by atoms with Crippen LogP contribution in [0.3, 0.4) is 0 Å². The molecule has 40 heavy (non-hydrogen) atoms. The fourth-order valence-electron chi connectivity index (χ4n) is 5.09. The maximum atomic E-state index is 13.3. The van der Waals surface area contributed by atoms with E-state index in [2.05, 4.69) is 28.8 Å². The molecule has 0 atom stereocenters. The van der Waals surface area contributed by atoms with Crippen LogP contribution < -0.4 is 15.6 Å². The van der Waals surface area contributed by atoms with E-state index in [4.69, 9.17) is 14.7 Å². The third-order valence-electron chi connectivity index (χ3n) is 7.14. The van der Waals surface area contributed by atoms with E-state index >= 15 is 0 Å². The van der Waals surface area contributed by atoms with E-state index in [1.165, 1.54) is 17.8 Å². The number of nitrogens with one attached hydrogen (secondary N) is 1. The van der Waals surface area contributed by atoms with Crippen LogP contribution in [0.25, 0.3) is 27.8 Å². The SMILES string of the molecule is C=CCn1c(=O)c2cnc(Nc3ccc4c(ccn4C(C)=O)c3)nc2n1-c1cccc(OC2CCN(C)CC2)n1. The second kappa shape index (κ2) is 10.4. The number of fused-ring (bicyclic) bond motifs is 2. The molecule has 0 amide bonds. The van der Waals surface area contributed by atoms with Gasteiger partial charge >= 0.3 is 0 Å².